The Hall–Kier alpha value is -1.08. The Labute approximate surface area is 100 Å². The Balaban J connectivity index is 2.41. The van der Waals surface area contributed by atoms with Crippen molar-refractivity contribution >= 4 is 19.0 Å². The van der Waals surface area contributed by atoms with E-state index in [2.05, 4.69) is 0 Å². The van der Waals surface area contributed by atoms with Crippen molar-refractivity contribution in [3.05, 3.63) is 54.6 Å². The van der Waals surface area contributed by atoms with Gasteiger partial charge in [-0.15, -0.1) is 0 Å². The lowest BCUT2D eigenvalue weighted by Crippen LogP contribution is -1.86. The minimum atomic E-state index is -1.91. The van der Waals surface area contributed by atoms with Crippen LogP contribution in [-0.2, 0) is 0 Å². The second-order valence-electron chi connectivity index (χ2n) is 3.18. The van der Waals surface area contributed by atoms with Gasteiger partial charge in [0, 0.05) is 5.56 Å². The molecule has 2 nitrogen and oxygen atoms in total. The Bertz CT molecular complexity index is 460. The number of para-hydroxylation sites is 1. The van der Waals surface area contributed by atoms with Crippen molar-refractivity contribution in [1.29, 1.82) is 0 Å². The van der Waals surface area contributed by atoms with Gasteiger partial charge in [0.05, 0.1) is 0 Å². The fourth-order valence-electron chi connectivity index (χ4n) is 1.48. The molecule has 0 spiro atoms. The van der Waals surface area contributed by atoms with E-state index in [1.165, 1.54) is 0 Å². The molecule has 2 aromatic rings. The molecule has 1 N–H and O–H groups in total. The lowest BCUT2D eigenvalue weighted by atomic mass is 10.1. The molecule has 16 heavy (non-hydrogen) atoms. The third-order valence-corrected chi connectivity index (χ3v) is 2.70. The molecule has 4 heteroatoms. The van der Waals surface area contributed by atoms with E-state index in [0.29, 0.717) is 5.75 Å². The molecule has 0 amide bonds. The molecule has 1 unspecified atom stereocenters. The van der Waals surface area contributed by atoms with Gasteiger partial charge in [0.25, 0.3) is 0 Å². The van der Waals surface area contributed by atoms with E-state index in [1.807, 2.05) is 48.5 Å². The van der Waals surface area contributed by atoms with Crippen LogP contribution in [-0.4, -0.2) is 4.89 Å². The lowest BCUT2D eigenvalue weighted by Gasteiger charge is -2.10. The quantitative estimate of drug-likeness (QED) is 0.830. The van der Waals surface area contributed by atoms with Gasteiger partial charge in [-0.05, 0) is 22.9 Å². The summed E-state index contributed by atoms with van der Waals surface area (Å²) in [6.45, 7) is 0. The van der Waals surface area contributed by atoms with E-state index in [-0.39, 0.29) is 0 Å². The van der Waals surface area contributed by atoms with Crippen LogP contribution in [0, 0.1) is 0 Å². The summed E-state index contributed by atoms with van der Waals surface area (Å²) in [6, 6.07) is 17.3. The largest absolute Gasteiger partial charge is 0.435 e. The van der Waals surface area contributed by atoms with Crippen molar-refractivity contribution in [1.82, 2.24) is 0 Å². The molecule has 0 saturated heterocycles. The van der Waals surface area contributed by atoms with Gasteiger partial charge in [0.1, 0.15) is 5.75 Å². The molecule has 0 aliphatic heterocycles. The Morgan fingerprint density at radius 3 is 2.25 bits per heavy atom. The predicted octanol–water partition coefficient (Wildman–Crippen LogP) is 4.19. The summed E-state index contributed by atoms with van der Waals surface area (Å²) in [5.41, 5.74) is 1.96. The highest BCUT2D eigenvalue weighted by atomic mass is 35.7. The minimum absolute atomic E-state index is 0.595. The number of halogens is 1. The van der Waals surface area contributed by atoms with E-state index < -0.39 is 7.73 Å². The summed E-state index contributed by atoms with van der Waals surface area (Å²) in [4.78, 5) is 9.09. The highest BCUT2D eigenvalue weighted by molar-refractivity contribution is 7.75. The van der Waals surface area contributed by atoms with Crippen molar-refractivity contribution in [2.45, 2.75) is 0 Å². The predicted molar refractivity (Wildman–Crippen MR) is 67.5 cm³/mol. The molecule has 1 atom stereocenters. The van der Waals surface area contributed by atoms with E-state index in [0.717, 1.165) is 11.1 Å². The van der Waals surface area contributed by atoms with Crippen LogP contribution in [0.2, 0.25) is 0 Å². The zero-order valence-electron chi connectivity index (χ0n) is 8.38. The standard InChI is InChI=1S/C12H10ClO2P/c13-16(14)15-12-9-5-4-8-11(12)10-6-2-1-3-7-10/h1-9,14H. The first-order valence-electron chi connectivity index (χ1n) is 4.74. The maximum atomic E-state index is 9.09. The maximum absolute atomic E-state index is 9.09. The molecule has 2 rings (SSSR count). The summed E-state index contributed by atoms with van der Waals surface area (Å²) in [5, 5.41) is 0. The second-order valence-corrected chi connectivity index (χ2v) is 4.68. The van der Waals surface area contributed by atoms with Crippen molar-refractivity contribution in [2.75, 3.05) is 0 Å². The third kappa shape index (κ3) is 2.73. The Morgan fingerprint density at radius 2 is 1.56 bits per heavy atom. The van der Waals surface area contributed by atoms with Crippen molar-refractivity contribution in [3.63, 3.8) is 0 Å². The zero-order chi connectivity index (χ0) is 11.4. The topological polar surface area (TPSA) is 29.5 Å². The number of benzene rings is 2. The highest BCUT2D eigenvalue weighted by Crippen LogP contribution is 2.42. The summed E-state index contributed by atoms with van der Waals surface area (Å²) in [5.74, 6) is 0.595. The molecule has 0 radical (unpaired) electrons. The molecule has 0 fully saturated rings. The van der Waals surface area contributed by atoms with Crippen molar-refractivity contribution in [3.8, 4) is 16.9 Å². The summed E-state index contributed by atoms with van der Waals surface area (Å²) < 4.78 is 5.19. The molecule has 0 heterocycles. The summed E-state index contributed by atoms with van der Waals surface area (Å²) in [7, 11) is -1.91. The van der Waals surface area contributed by atoms with Crippen LogP contribution in [0.1, 0.15) is 0 Å². The van der Waals surface area contributed by atoms with Crippen molar-refractivity contribution < 1.29 is 9.42 Å². The lowest BCUT2D eigenvalue weighted by molar-refractivity contribution is 0.507. The molecular formula is C12H10ClO2P. The molecule has 0 aliphatic carbocycles. The van der Waals surface area contributed by atoms with Gasteiger partial charge in [-0.25, -0.2) is 0 Å². The van der Waals surface area contributed by atoms with Gasteiger partial charge in [0.2, 0.25) is 0 Å². The fourth-order valence-corrected chi connectivity index (χ4v) is 2.03. The van der Waals surface area contributed by atoms with Crippen LogP contribution in [0.25, 0.3) is 11.1 Å². The van der Waals surface area contributed by atoms with Crippen LogP contribution in [0.4, 0.5) is 0 Å². The first-order valence-corrected chi connectivity index (χ1v) is 6.86. The van der Waals surface area contributed by atoms with Crippen molar-refractivity contribution in [2.24, 2.45) is 0 Å². The van der Waals surface area contributed by atoms with Crippen LogP contribution < -0.4 is 4.52 Å². The first kappa shape index (κ1) is 11.4. The molecule has 82 valence electrons. The van der Waals surface area contributed by atoms with Gasteiger partial charge >= 0.3 is 7.73 Å². The zero-order valence-corrected chi connectivity index (χ0v) is 10.0. The monoisotopic (exact) mass is 252 g/mol. The maximum Gasteiger partial charge on any atom is 0.335 e. The summed E-state index contributed by atoms with van der Waals surface area (Å²) in [6.07, 6.45) is 0. The van der Waals surface area contributed by atoms with Gasteiger partial charge in [0.15, 0.2) is 0 Å². The molecule has 0 bridgehead atoms. The van der Waals surface area contributed by atoms with E-state index in [9.17, 15) is 0 Å². The normalized spacial score (nSPS) is 12.1. The van der Waals surface area contributed by atoms with Gasteiger partial charge < -0.3 is 9.42 Å². The molecule has 0 aliphatic rings. The van der Waals surface area contributed by atoms with Crippen LogP contribution in [0.15, 0.2) is 54.6 Å². The van der Waals surface area contributed by atoms with E-state index in [4.69, 9.17) is 20.7 Å². The van der Waals surface area contributed by atoms with Gasteiger partial charge in [-0.3, -0.25) is 0 Å². The SMILES string of the molecule is OP(Cl)Oc1ccccc1-c1ccccc1. The number of hydrogen-bond acceptors (Lipinski definition) is 2. The fraction of sp³-hybridized carbons (Fsp3) is 0. The molecular weight excluding hydrogens is 243 g/mol. The average molecular weight is 253 g/mol. The van der Waals surface area contributed by atoms with Gasteiger partial charge in [-0.2, -0.15) is 0 Å². The van der Waals surface area contributed by atoms with E-state index >= 15 is 0 Å². The number of rotatable bonds is 3. The summed E-state index contributed by atoms with van der Waals surface area (Å²) >= 11 is 5.47. The van der Waals surface area contributed by atoms with E-state index in [1.54, 1.807) is 6.07 Å². The van der Waals surface area contributed by atoms with Crippen LogP contribution in [0.3, 0.4) is 0 Å². The molecule has 0 saturated carbocycles. The van der Waals surface area contributed by atoms with Gasteiger partial charge in [-0.1, -0.05) is 48.5 Å². The molecule has 2 aromatic carbocycles. The third-order valence-electron chi connectivity index (χ3n) is 2.15. The minimum Gasteiger partial charge on any atom is -0.435 e. The second kappa shape index (κ2) is 5.31. The average Bonchev–Trinajstić information content (AvgIpc) is 2.30. The number of hydrogen-bond donors (Lipinski definition) is 1. The van der Waals surface area contributed by atoms with Crippen LogP contribution in [0.5, 0.6) is 5.75 Å². The molecule has 0 aromatic heterocycles. The Kier molecular flexibility index (Phi) is 3.79. The first-order chi connectivity index (χ1) is 7.77. The Morgan fingerprint density at radius 1 is 0.938 bits per heavy atom. The highest BCUT2D eigenvalue weighted by Gasteiger charge is 2.08. The smallest absolute Gasteiger partial charge is 0.335 e. The van der Waals surface area contributed by atoms with Crippen LogP contribution >= 0.6 is 19.0 Å².